The lowest BCUT2D eigenvalue weighted by molar-refractivity contribution is -0.138. The van der Waals surface area contributed by atoms with Crippen molar-refractivity contribution in [2.75, 3.05) is 19.6 Å². The van der Waals surface area contributed by atoms with Gasteiger partial charge in [-0.25, -0.2) is 4.79 Å². The molecule has 1 aliphatic carbocycles. The fraction of sp³-hybridized carbons (Fsp3) is 0.786. The van der Waals surface area contributed by atoms with Gasteiger partial charge in [0.1, 0.15) is 0 Å². The molecule has 1 atom stereocenters. The number of nitrogens with zero attached hydrogens (tertiary/aromatic N) is 1. The highest BCUT2D eigenvalue weighted by atomic mass is 16.4. The van der Waals surface area contributed by atoms with E-state index in [2.05, 4.69) is 10.6 Å². The maximum absolute atomic E-state index is 12.0. The van der Waals surface area contributed by atoms with Crippen LogP contribution in [0, 0.1) is 5.92 Å². The minimum atomic E-state index is -0.820. The molecule has 118 valence electrons. The fourth-order valence-corrected chi connectivity index (χ4v) is 2.59. The topological polar surface area (TPSA) is 98.7 Å². The molecule has 0 spiro atoms. The summed E-state index contributed by atoms with van der Waals surface area (Å²) in [6, 6.07) is 0.136. The van der Waals surface area contributed by atoms with E-state index in [1.807, 2.05) is 0 Å². The molecule has 1 aliphatic heterocycles. The van der Waals surface area contributed by atoms with E-state index in [-0.39, 0.29) is 30.7 Å². The molecule has 1 unspecified atom stereocenters. The Morgan fingerprint density at radius 2 is 1.95 bits per heavy atom. The van der Waals surface area contributed by atoms with E-state index in [0.29, 0.717) is 25.7 Å². The Balaban J connectivity index is 1.64. The highest BCUT2D eigenvalue weighted by Gasteiger charge is 2.25. The van der Waals surface area contributed by atoms with Crippen LogP contribution in [0.3, 0.4) is 0 Å². The summed E-state index contributed by atoms with van der Waals surface area (Å²) in [7, 11) is 0. The number of amides is 3. The highest BCUT2D eigenvalue weighted by Crippen LogP contribution is 2.20. The van der Waals surface area contributed by atoms with Gasteiger partial charge >= 0.3 is 12.0 Å². The van der Waals surface area contributed by atoms with Crippen molar-refractivity contribution in [1.29, 1.82) is 0 Å². The number of nitrogens with one attached hydrogen (secondary N) is 2. The maximum atomic E-state index is 12.0. The summed E-state index contributed by atoms with van der Waals surface area (Å²) < 4.78 is 0. The first-order valence-electron chi connectivity index (χ1n) is 7.58. The average Bonchev–Trinajstić information content (AvgIpc) is 3.22. The predicted molar refractivity (Wildman–Crippen MR) is 75.7 cm³/mol. The summed E-state index contributed by atoms with van der Waals surface area (Å²) in [6.07, 6.45) is 4.17. The number of carboxylic acids is 1. The van der Waals surface area contributed by atoms with Crippen molar-refractivity contribution in [3.8, 4) is 0 Å². The Labute approximate surface area is 124 Å². The van der Waals surface area contributed by atoms with E-state index < -0.39 is 5.97 Å². The first-order chi connectivity index (χ1) is 10.0. The third kappa shape index (κ3) is 5.61. The Bertz CT molecular complexity index is 409. The zero-order chi connectivity index (χ0) is 15.2. The lowest BCUT2D eigenvalue weighted by Crippen LogP contribution is -2.46. The van der Waals surface area contributed by atoms with Gasteiger partial charge in [0.15, 0.2) is 0 Å². The standard InChI is InChI=1S/C14H23N3O4/c18-12(16-11-3-4-11)5-6-15-14(21)17-7-1-2-10(9-17)8-13(19)20/h10-11H,1-9H2,(H,15,21)(H,16,18)(H,19,20). The molecule has 0 bridgehead atoms. The molecule has 1 heterocycles. The molecule has 7 heteroatoms. The number of carbonyl (C=O) groups is 3. The van der Waals surface area contributed by atoms with Crippen molar-refractivity contribution < 1.29 is 19.5 Å². The number of carboxylic acid groups (broad SMARTS) is 1. The third-order valence-corrected chi connectivity index (χ3v) is 3.84. The summed E-state index contributed by atoms with van der Waals surface area (Å²) in [5, 5.41) is 14.4. The van der Waals surface area contributed by atoms with Crippen molar-refractivity contribution in [2.45, 2.75) is 44.6 Å². The summed E-state index contributed by atoms with van der Waals surface area (Å²) in [5.74, 6) is -0.820. The fourth-order valence-electron chi connectivity index (χ4n) is 2.59. The molecule has 0 radical (unpaired) electrons. The molecule has 3 N–H and O–H groups in total. The highest BCUT2D eigenvalue weighted by molar-refractivity contribution is 5.78. The van der Waals surface area contributed by atoms with Crippen molar-refractivity contribution >= 4 is 17.9 Å². The van der Waals surface area contributed by atoms with Crippen LogP contribution in [0.2, 0.25) is 0 Å². The van der Waals surface area contributed by atoms with E-state index in [9.17, 15) is 14.4 Å². The number of aliphatic carboxylic acids is 1. The van der Waals surface area contributed by atoms with Crippen LogP contribution >= 0.6 is 0 Å². The van der Waals surface area contributed by atoms with Crippen LogP contribution in [-0.4, -0.2) is 53.6 Å². The zero-order valence-corrected chi connectivity index (χ0v) is 12.1. The molecule has 0 aromatic rings. The average molecular weight is 297 g/mol. The number of urea groups is 1. The van der Waals surface area contributed by atoms with E-state index in [4.69, 9.17) is 5.11 Å². The number of rotatable bonds is 6. The zero-order valence-electron chi connectivity index (χ0n) is 12.1. The first-order valence-corrected chi connectivity index (χ1v) is 7.58. The molecule has 0 aromatic heterocycles. The number of carbonyl (C=O) groups excluding carboxylic acids is 2. The number of hydrogen-bond acceptors (Lipinski definition) is 3. The molecule has 2 rings (SSSR count). The predicted octanol–water partition coefficient (Wildman–Crippen LogP) is 0.551. The first kappa shape index (κ1) is 15.6. The minimum Gasteiger partial charge on any atom is -0.481 e. The van der Waals surface area contributed by atoms with Gasteiger partial charge in [-0.1, -0.05) is 0 Å². The normalized spacial score (nSPS) is 21.7. The van der Waals surface area contributed by atoms with Crippen LogP contribution in [-0.2, 0) is 9.59 Å². The molecule has 21 heavy (non-hydrogen) atoms. The Kier molecular flexibility index (Phi) is 5.41. The van der Waals surface area contributed by atoms with Crippen LogP contribution in [0.4, 0.5) is 4.79 Å². The lowest BCUT2D eigenvalue weighted by Gasteiger charge is -2.32. The molecular weight excluding hydrogens is 274 g/mol. The van der Waals surface area contributed by atoms with Gasteiger partial charge in [0.2, 0.25) is 5.91 Å². The number of piperidine rings is 1. The Morgan fingerprint density at radius 3 is 2.62 bits per heavy atom. The smallest absolute Gasteiger partial charge is 0.317 e. The van der Waals surface area contributed by atoms with Gasteiger partial charge in [-0.15, -0.1) is 0 Å². The van der Waals surface area contributed by atoms with Gasteiger partial charge in [0.25, 0.3) is 0 Å². The molecule has 3 amide bonds. The van der Waals surface area contributed by atoms with Crippen molar-refractivity contribution in [2.24, 2.45) is 5.92 Å². The minimum absolute atomic E-state index is 0.0276. The Morgan fingerprint density at radius 1 is 1.19 bits per heavy atom. The quantitative estimate of drug-likeness (QED) is 0.667. The van der Waals surface area contributed by atoms with Gasteiger partial charge in [-0.2, -0.15) is 0 Å². The van der Waals surface area contributed by atoms with Gasteiger partial charge < -0.3 is 20.6 Å². The summed E-state index contributed by atoms with van der Waals surface area (Å²) >= 11 is 0. The van der Waals surface area contributed by atoms with Gasteiger partial charge in [0.05, 0.1) is 0 Å². The molecule has 7 nitrogen and oxygen atoms in total. The van der Waals surface area contributed by atoms with Crippen molar-refractivity contribution in [3.05, 3.63) is 0 Å². The van der Waals surface area contributed by atoms with E-state index >= 15 is 0 Å². The van der Waals surface area contributed by atoms with Gasteiger partial charge in [0, 0.05) is 38.5 Å². The van der Waals surface area contributed by atoms with Gasteiger partial charge in [-0.3, -0.25) is 9.59 Å². The van der Waals surface area contributed by atoms with E-state index in [0.717, 1.165) is 25.7 Å². The molecular formula is C14H23N3O4. The monoisotopic (exact) mass is 297 g/mol. The van der Waals surface area contributed by atoms with Crippen molar-refractivity contribution in [1.82, 2.24) is 15.5 Å². The summed E-state index contributed by atoms with van der Waals surface area (Å²) in [6.45, 7) is 1.44. The summed E-state index contributed by atoms with van der Waals surface area (Å²) in [5.41, 5.74) is 0. The lowest BCUT2D eigenvalue weighted by atomic mass is 9.95. The molecule has 1 saturated carbocycles. The largest absolute Gasteiger partial charge is 0.481 e. The number of likely N-dealkylation sites (tertiary alicyclic amines) is 1. The van der Waals surface area contributed by atoms with Crippen LogP contribution < -0.4 is 10.6 Å². The van der Waals surface area contributed by atoms with E-state index in [1.165, 1.54) is 0 Å². The third-order valence-electron chi connectivity index (χ3n) is 3.84. The van der Waals surface area contributed by atoms with Crippen LogP contribution in [0.25, 0.3) is 0 Å². The van der Waals surface area contributed by atoms with Crippen molar-refractivity contribution in [3.63, 3.8) is 0 Å². The SMILES string of the molecule is O=C(O)CC1CCCN(C(=O)NCCC(=O)NC2CC2)C1. The second-order valence-electron chi connectivity index (χ2n) is 5.88. The van der Waals surface area contributed by atoms with Crippen LogP contribution in [0.15, 0.2) is 0 Å². The second-order valence-corrected chi connectivity index (χ2v) is 5.88. The summed E-state index contributed by atoms with van der Waals surface area (Å²) in [4.78, 5) is 35.8. The molecule has 2 aliphatic rings. The Hall–Kier alpha value is -1.79. The molecule has 2 fully saturated rings. The molecule has 1 saturated heterocycles. The maximum Gasteiger partial charge on any atom is 0.317 e. The van der Waals surface area contributed by atoms with E-state index in [1.54, 1.807) is 4.90 Å². The second kappa shape index (κ2) is 7.28. The van der Waals surface area contributed by atoms with Crippen LogP contribution in [0.5, 0.6) is 0 Å². The molecule has 0 aromatic carbocycles. The number of hydrogen-bond donors (Lipinski definition) is 3. The van der Waals surface area contributed by atoms with Crippen LogP contribution in [0.1, 0.15) is 38.5 Å². The van der Waals surface area contributed by atoms with Gasteiger partial charge in [-0.05, 0) is 31.6 Å².